The number of nitrogens with one attached hydrogen (secondary N) is 1. The maximum atomic E-state index is 12.0. The third-order valence-corrected chi connectivity index (χ3v) is 3.80. The fourth-order valence-corrected chi connectivity index (χ4v) is 2.77. The molecule has 6 heteroatoms. The lowest BCUT2D eigenvalue weighted by atomic mass is 9.99. The van der Waals surface area contributed by atoms with Gasteiger partial charge >= 0.3 is 5.76 Å². The van der Waals surface area contributed by atoms with Crippen molar-refractivity contribution < 1.29 is 9.15 Å². The van der Waals surface area contributed by atoms with Gasteiger partial charge in [-0.25, -0.2) is 9.78 Å². The first-order chi connectivity index (χ1) is 9.79. The minimum absolute atomic E-state index is 0.197. The van der Waals surface area contributed by atoms with Crippen molar-refractivity contribution in [3.8, 4) is 0 Å². The molecule has 3 rings (SSSR count). The standard InChI is InChI=1S/C14H19N3O3/c1-2-15-11(10-5-7-19-9-10)8-17-13-12(20-14(17)18)4-3-6-16-13/h3-4,6,10-11,15H,2,5,7-9H2,1H3. The normalized spacial score (nSPS) is 20.6. The third-order valence-electron chi connectivity index (χ3n) is 3.80. The Kier molecular flexibility index (Phi) is 3.84. The monoisotopic (exact) mass is 277 g/mol. The lowest BCUT2D eigenvalue weighted by Crippen LogP contribution is -2.41. The van der Waals surface area contributed by atoms with E-state index in [4.69, 9.17) is 9.15 Å². The van der Waals surface area contributed by atoms with Crippen molar-refractivity contribution in [2.75, 3.05) is 19.8 Å². The summed E-state index contributed by atoms with van der Waals surface area (Å²) in [4.78, 5) is 16.2. The van der Waals surface area contributed by atoms with Crippen LogP contribution in [0.2, 0.25) is 0 Å². The molecular weight excluding hydrogens is 258 g/mol. The van der Waals surface area contributed by atoms with E-state index in [0.29, 0.717) is 23.7 Å². The second kappa shape index (κ2) is 5.76. The lowest BCUT2D eigenvalue weighted by Gasteiger charge is -2.23. The first kappa shape index (κ1) is 13.3. The maximum absolute atomic E-state index is 12.0. The highest BCUT2D eigenvalue weighted by Crippen LogP contribution is 2.19. The molecule has 2 atom stereocenters. The van der Waals surface area contributed by atoms with E-state index in [1.807, 2.05) is 0 Å². The summed E-state index contributed by atoms with van der Waals surface area (Å²) in [6.07, 6.45) is 2.70. The number of rotatable bonds is 5. The average Bonchev–Trinajstić information content (AvgIpc) is 3.07. The van der Waals surface area contributed by atoms with Crippen LogP contribution in [0.4, 0.5) is 0 Å². The van der Waals surface area contributed by atoms with E-state index in [2.05, 4.69) is 17.2 Å². The van der Waals surface area contributed by atoms with Crippen LogP contribution in [-0.4, -0.2) is 35.4 Å². The van der Waals surface area contributed by atoms with Crippen LogP contribution in [0, 0.1) is 5.92 Å². The Balaban J connectivity index is 1.89. The van der Waals surface area contributed by atoms with E-state index in [0.717, 1.165) is 26.2 Å². The van der Waals surface area contributed by atoms with Gasteiger partial charge in [-0.3, -0.25) is 4.57 Å². The summed E-state index contributed by atoms with van der Waals surface area (Å²) < 4.78 is 12.3. The molecule has 0 amide bonds. The predicted molar refractivity (Wildman–Crippen MR) is 74.7 cm³/mol. The molecule has 2 aromatic rings. The topological polar surface area (TPSA) is 69.3 Å². The molecule has 0 bridgehead atoms. The van der Waals surface area contributed by atoms with Gasteiger partial charge in [-0.2, -0.15) is 0 Å². The zero-order valence-electron chi connectivity index (χ0n) is 11.5. The molecule has 3 heterocycles. The minimum Gasteiger partial charge on any atom is -0.406 e. The van der Waals surface area contributed by atoms with Crippen molar-refractivity contribution in [1.29, 1.82) is 0 Å². The Bertz CT molecular complexity index is 628. The molecule has 1 fully saturated rings. The molecule has 6 nitrogen and oxygen atoms in total. The predicted octanol–water partition coefficient (Wildman–Crippen LogP) is 1.00. The van der Waals surface area contributed by atoms with E-state index in [-0.39, 0.29) is 11.8 Å². The van der Waals surface area contributed by atoms with Gasteiger partial charge in [-0.15, -0.1) is 0 Å². The molecule has 0 spiro atoms. The molecule has 1 saturated heterocycles. The van der Waals surface area contributed by atoms with Gasteiger partial charge in [-0.1, -0.05) is 6.92 Å². The van der Waals surface area contributed by atoms with E-state index in [9.17, 15) is 4.79 Å². The Morgan fingerprint density at radius 3 is 3.25 bits per heavy atom. The summed E-state index contributed by atoms with van der Waals surface area (Å²) in [6.45, 7) is 5.03. The molecule has 2 unspecified atom stereocenters. The number of pyridine rings is 1. The molecular formula is C14H19N3O3. The number of nitrogens with zero attached hydrogens (tertiary/aromatic N) is 2. The fraction of sp³-hybridized carbons (Fsp3) is 0.571. The molecule has 0 radical (unpaired) electrons. The van der Waals surface area contributed by atoms with Gasteiger partial charge in [0.1, 0.15) is 0 Å². The number of likely N-dealkylation sites (N-methyl/N-ethyl adjacent to an activating group) is 1. The van der Waals surface area contributed by atoms with Gasteiger partial charge in [0.2, 0.25) is 0 Å². The number of fused-ring (bicyclic) bond motifs is 1. The van der Waals surface area contributed by atoms with Crippen molar-refractivity contribution in [2.45, 2.75) is 25.9 Å². The first-order valence-corrected chi connectivity index (χ1v) is 7.05. The number of aromatic nitrogens is 2. The van der Waals surface area contributed by atoms with Crippen LogP contribution in [0.1, 0.15) is 13.3 Å². The number of ether oxygens (including phenoxy) is 1. The van der Waals surface area contributed by atoms with Gasteiger partial charge in [0.05, 0.1) is 6.61 Å². The quantitative estimate of drug-likeness (QED) is 0.883. The SMILES string of the molecule is CCNC(Cn1c(=O)oc2cccnc21)C1CCOC1. The van der Waals surface area contributed by atoms with Gasteiger partial charge in [0.15, 0.2) is 11.2 Å². The zero-order chi connectivity index (χ0) is 13.9. The van der Waals surface area contributed by atoms with E-state index >= 15 is 0 Å². The largest absolute Gasteiger partial charge is 0.421 e. The molecule has 0 aliphatic carbocycles. The van der Waals surface area contributed by atoms with Crippen LogP contribution < -0.4 is 11.1 Å². The number of hydrogen-bond acceptors (Lipinski definition) is 5. The minimum atomic E-state index is -0.347. The first-order valence-electron chi connectivity index (χ1n) is 7.05. The van der Waals surface area contributed by atoms with Crippen LogP contribution in [0.3, 0.4) is 0 Å². The summed E-state index contributed by atoms with van der Waals surface area (Å²) in [7, 11) is 0. The lowest BCUT2D eigenvalue weighted by molar-refractivity contribution is 0.173. The van der Waals surface area contributed by atoms with Crippen molar-refractivity contribution in [3.05, 3.63) is 28.9 Å². The van der Waals surface area contributed by atoms with Crippen LogP contribution in [0.15, 0.2) is 27.5 Å². The Morgan fingerprint density at radius 1 is 1.60 bits per heavy atom. The second-order valence-corrected chi connectivity index (χ2v) is 5.09. The molecule has 1 N–H and O–H groups in total. The van der Waals surface area contributed by atoms with Gasteiger partial charge in [-0.05, 0) is 25.1 Å². The van der Waals surface area contributed by atoms with Crippen LogP contribution in [-0.2, 0) is 11.3 Å². The van der Waals surface area contributed by atoms with Crippen molar-refractivity contribution >= 4 is 11.2 Å². The number of hydrogen-bond donors (Lipinski definition) is 1. The smallest absolute Gasteiger partial charge is 0.406 e. The van der Waals surface area contributed by atoms with Crippen molar-refractivity contribution in [3.63, 3.8) is 0 Å². The zero-order valence-corrected chi connectivity index (χ0v) is 11.5. The Morgan fingerprint density at radius 2 is 2.50 bits per heavy atom. The van der Waals surface area contributed by atoms with E-state index in [1.54, 1.807) is 22.9 Å². The van der Waals surface area contributed by atoms with Crippen LogP contribution >= 0.6 is 0 Å². The summed E-state index contributed by atoms with van der Waals surface area (Å²) in [5.41, 5.74) is 1.15. The molecule has 2 aromatic heterocycles. The molecule has 0 aromatic carbocycles. The van der Waals surface area contributed by atoms with E-state index < -0.39 is 0 Å². The molecule has 1 aliphatic heterocycles. The summed E-state index contributed by atoms with van der Waals surface area (Å²) in [5, 5.41) is 3.45. The summed E-state index contributed by atoms with van der Waals surface area (Å²) in [6, 6.07) is 3.73. The fourth-order valence-electron chi connectivity index (χ4n) is 2.77. The van der Waals surface area contributed by atoms with Gasteiger partial charge < -0.3 is 14.5 Å². The summed E-state index contributed by atoms with van der Waals surface area (Å²) in [5.74, 6) is 0.0797. The number of oxazole rings is 1. The van der Waals surface area contributed by atoms with E-state index in [1.165, 1.54) is 0 Å². The van der Waals surface area contributed by atoms with Crippen LogP contribution in [0.25, 0.3) is 11.2 Å². The second-order valence-electron chi connectivity index (χ2n) is 5.09. The van der Waals surface area contributed by atoms with Gasteiger partial charge in [0.25, 0.3) is 0 Å². The Hall–Kier alpha value is -1.66. The highest BCUT2D eigenvalue weighted by Gasteiger charge is 2.27. The third kappa shape index (κ3) is 2.48. The summed E-state index contributed by atoms with van der Waals surface area (Å²) >= 11 is 0. The highest BCUT2D eigenvalue weighted by molar-refractivity contribution is 5.67. The molecule has 1 aliphatic rings. The molecule has 0 saturated carbocycles. The molecule has 108 valence electrons. The van der Waals surface area contributed by atoms with Crippen molar-refractivity contribution in [1.82, 2.24) is 14.9 Å². The van der Waals surface area contributed by atoms with Gasteiger partial charge in [0, 0.05) is 31.3 Å². The average molecular weight is 277 g/mol. The molecule has 20 heavy (non-hydrogen) atoms. The van der Waals surface area contributed by atoms with Crippen molar-refractivity contribution in [2.24, 2.45) is 5.92 Å². The highest BCUT2D eigenvalue weighted by atomic mass is 16.5. The van der Waals surface area contributed by atoms with Crippen LogP contribution in [0.5, 0.6) is 0 Å². The maximum Gasteiger partial charge on any atom is 0.421 e. The Labute approximate surface area is 116 Å².